The Labute approximate surface area is 106 Å². The Morgan fingerprint density at radius 1 is 1.35 bits per heavy atom. The zero-order chi connectivity index (χ0) is 12.8. The lowest BCUT2D eigenvalue weighted by molar-refractivity contribution is 0.0370. The van der Waals surface area contributed by atoms with Gasteiger partial charge in [-0.3, -0.25) is 0 Å². The molecule has 1 aliphatic rings. The largest absolute Gasteiger partial charge is 0.495 e. The standard InChI is InChI=1S/C15H27NO/c1-5-8-15(12(6-2)7-3)11(4)17-14-9-13(16)10-14/h5,8,12-14H,6-7,9-10,16H2,1-4H3/b8-5-,15-11-. The van der Waals surface area contributed by atoms with Crippen molar-refractivity contribution in [2.24, 2.45) is 11.7 Å². The highest BCUT2D eigenvalue weighted by Gasteiger charge is 2.28. The average molecular weight is 237 g/mol. The van der Waals surface area contributed by atoms with Gasteiger partial charge in [-0.05, 0) is 51.0 Å². The highest BCUT2D eigenvalue weighted by atomic mass is 16.5. The molecule has 98 valence electrons. The van der Waals surface area contributed by atoms with Crippen molar-refractivity contribution in [1.29, 1.82) is 0 Å². The predicted molar refractivity (Wildman–Crippen MR) is 73.7 cm³/mol. The topological polar surface area (TPSA) is 35.2 Å². The summed E-state index contributed by atoms with van der Waals surface area (Å²) < 4.78 is 6.00. The van der Waals surface area contributed by atoms with Gasteiger partial charge in [0.1, 0.15) is 6.10 Å². The predicted octanol–water partition coefficient (Wildman–Crippen LogP) is 3.78. The maximum atomic E-state index is 6.00. The molecule has 0 aromatic rings. The van der Waals surface area contributed by atoms with Crippen molar-refractivity contribution < 1.29 is 4.74 Å². The maximum absolute atomic E-state index is 6.00. The first-order chi connectivity index (χ1) is 8.12. The third-order valence-corrected chi connectivity index (χ3v) is 3.65. The van der Waals surface area contributed by atoms with Gasteiger partial charge < -0.3 is 10.5 Å². The molecule has 1 aliphatic carbocycles. The van der Waals surface area contributed by atoms with Crippen molar-refractivity contribution >= 4 is 0 Å². The van der Waals surface area contributed by atoms with Crippen LogP contribution >= 0.6 is 0 Å². The quantitative estimate of drug-likeness (QED) is 0.563. The van der Waals surface area contributed by atoms with E-state index in [0.29, 0.717) is 18.1 Å². The van der Waals surface area contributed by atoms with Crippen LogP contribution in [0.3, 0.4) is 0 Å². The summed E-state index contributed by atoms with van der Waals surface area (Å²) in [5.41, 5.74) is 7.14. The SMILES string of the molecule is C/C=C\C(=C(/C)OC1CC(N)C1)C(CC)CC. The summed E-state index contributed by atoms with van der Waals surface area (Å²) in [6, 6.07) is 0.353. The molecule has 0 spiro atoms. The van der Waals surface area contributed by atoms with E-state index in [-0.39, 0.29) is 0 Å². The maximum Gasteiger partial charge on any atom is 0.101 e. The smallest absolute Gasteiger partial charge is 0.101 e. The summed E-state index contributed by atoms with van der Waals surface area (Å²) in [4.78, 5) is 0. The third-order valence-electron chi connectivity index (χ3n) is 3.65. The number of allylic oxidation sites excluding steroid dienone is 4. The summed E-state index contributed by atoms with van der Waals surface area (Å²) in [5.74, 6) is 1.70. The molecule has 1 rings (SSSR count). The Bertz CT molecular complexity index is 283. The molecule has 2 N–H and O–H groups in total. The second-order valence-electron chi connectivity index (χ2n) is 5.00. The van der Waals surface area contributed by atoms with Crippen LogP contribution in [0.2, 0.25) is 0 Å². The lowest BCUT2D eigenvalue weighted by atomic mass is 9.89. The van der Waals surface area contributed by atoms with Gasteiger partial charge >= 0.3 is 0 Å². The molecular weight excluding hydrogens is 210 g/mol. The van der Waals surface area contributed by atoms with E-state index in [1.807, 2.05) is 0 Å². The minimum Gasteiger partial charge on any atom is -0.495 e. The molecule has 0 amide bonds. The molecule has 0 aromatic carbocycles. The van der Waals surface area contributed by atoms with Crippen LogP contribution in [-0.4, -0.2) is 12.1 Å². The molecule has 0 aromatic heterocycles. The summed E-state index contributed by atoms with van der Waals surface area (Å²) in [6.45, 7) is 8.64. The number of ether oxygens (including phenoxy) is 1. The van der Waals surface area contributed by atoms with Crippen molar-refractivity contribution in [3.05, 3.63) is 23.5 Å². The Morgan fingerprint density at radius 3 is 2.35 bits per heavy atom. The summed E-state index contributed by atoms with van der Waals surface area (Å²) in [6.07, 6.45) is 8.99. The molecule has 1 fully saturated rings. The fourth-order valence-corrected chi connectivity index (χ4v) is 2.47. The van der Waals surface area contributed by atoms with Crippen molar-refractivity contribution in [2.75, 3.05) is 0 Å². The van der Waals surface area contributed by atoms with Gasteiger partial charge in [-0.1, -0.05) is 26.0 Å². The highest BCUT2D eigenvalue weighted by molar-refractivity contribution is 5.24. The molecule has 0 radical (unpaired) electrons. The molecule has 0 aliphatic heterocycles. The van der Waals surface area contributed by atoms with Crippen molar-refractivity contribution in [2.45, 2.75) is 65.5 Å². The minimum atomic E-state index is 0.347. The molecule has 1 saturated carbocycles. The Kier molecular flexibility index (Phi) is 5.76. The number of rotatable bonds is 6. The summed E-state index contributed by atoms with van der Waals surface area (Å²) in [7, 11) is 0. The van der Waals surface area contributed by atoms with E-state index in [2.05, 4.69) is 39.8 Å². The van der Waals surface area contributed by atoms with E-state index >= 15 is 0 Å². The Hall–Kier alpha value is -0.760. The fourth-order valence-electron chi connectivity index (χ4n) is 2.47. The zero-order valence-corrected chi connectivity index (χ0v) is 11.7. The van der Waals surface area contributed by atoms with Crippen LogP contribution in [0, 0.1) is 5.92 Å². The van der Waals surface area contributed by atoms with Crippen LogP contribution in [0.1, 0.15) is 53.4 Å². The van der Waals surface area contributed by atoms with E-state index in [1.165, 1.54) is 18.4 Å². The van der Waals surface area contributed by atoms with Gasteiger partial charge in [-0.15, -0.1) is 0 Å². The molecule has 0 saturated heterocycles. The lowest BCUT2D eigenvalue weighted by Crippen LogP contribution is -2.41. The minimum absolute atomic E-state index is 0.347. The van der Waals surface area contributed by atoms with E-state index in [1.54, 1.807) is 0 Å². The van der Waals surface area contributed by atoms with Gasteiger partial charge in [-0.2, -0.15) is 0 Å². The molecule has 2 nitrogen and oxygen atoms in total. The van der Waals surface area contributed by atoms with Gasteiger partial charge in [0, 0.05) is 6.04 Å². The molecule has 17 heavy (non-hydrogen) atoms. The molecular formula is C15H27NO. The van der Waals surface area contributed by atoms with E-state index in [0.717, 1.165) is 18.6 Å². The second kappa shape index (κ2) is 6.85. The van der Waals surface area contributed by atoms with Crippen LogP contribution in [0.4, 0.5) is 0 Å². The van der Waals surface area contributed by atoms with Crippen LogP contribution in [0.25, 0.3) is 0 Å². The average Bonchev–Trinajstić information content (AvgIpc) is 2.27. The van der Waals surface area contributed by atoms with Gasteiger partial charge in [0.25, 0.3) is 0 Å². The van der Waals surface area contributed by atoms with Gasteiger partial charge in [-0.25, -0.2) is 0 Å². The Balaban J connectivity index is 2.71. The molecule has 0 unspecified atom stereocenters. The van der Waals surface area contributed by atoms with E-state index in [4.69, 9.17) is 10.5 Å². The molecule has 0 heterocycles. The lowest BCUT2D eigenvalue weighted by Gasteiger charge is -2.34. The van der Waals surface area contributed by atoms with Crippen molar-refractivity contribution in [3.63, 3.8) is 0 Å². The van der Waals surface area contributed by atoms with E-state index < -0.39 is 0 Å². The Morgan fingerprint density at radius 2 is 1.94 bits per heavy atom. The fraction of sp³-hybridized carbons (Fsp3) is 0.733. The van der Waals surface area contributed by atoms with Crippen LogP contribution in [-0.2, 0) is 4.74 Å². The third kappa shape index (κ3) is 3.88. The number of hydrogen-bond donors (Lipinski definition) is 1. The van der Waals surface area contributed by atoms with Crippen LogP contribution in [0.5, 0.6) is 0 Å². The molecule has 0 atom stereocenters. The number of hydrogen-bond acceptors (Lipinski definition) is 2. The van der Waals surface area contributed by atoms with E-state index in [9.17, 15) is 0 Å². The normalized spacial score (nSPS) is 26.0. The van der Waals surface area contributed by atoms with Gasteiger partial charge in [0.2, 0.25) is 0 Å². The van der Waals surface area contributed by atoms with Crippen LogP contribution < -0.4 is 5.73 Å². The van der Waals surface area contributed by atoms with Crippen molar-refractivity contribution in [1.82, 2.24) is 0 Å². The highest BCUT2D eigenvalue weighted by Crippen LogP contribution is 2.29. The summed E-state index contributed by atoms with van der Waals surface area (Å²) >= 11 is 0. The van der Waals surface area contributed by atoms with Gasteiger partial charge in [0.05, 0.1) is 5.76 Å². The second-order valence-corrected chi connectivity index (χ2v) is 5.00. The summed E-state index contributed by atoms with van der Waals surface area (Å²) in [5, 5.41) is 0. The molecule has 0 bridgehead atoms. The monoisotopic (exact) mass is 237 g/mol. The number of nitrogens with two attached hydrogens (primary N) is 1. The first-order valence-electron chi connectivity index (χ1n) is 6.87. The first-order valence-corrected chi connectivity index (χ1v) is 6.87. The molecule has 2 heteroatoms. The van der Waals surface area contributed by atoms with Gasteiger partial charge in [0.15, 0.2) is 0 Å². The first kappa shape index (κ1) is 14.3. The zero-order valence-electron chi connectivity index (χ0n) is 11.7. The van der Waals surface area contributed by atoms with Crippen molar-refractivity contribution in [3.8, 4) is 0 Å². The van der Waals surface area contributed by atoms with Crippen LogP contribution in [0.15, 0.2) is 23.5 Å².